The third kappa shape index (κ3) is 2.34. The predicted molar refractivity (Wildman–Crippen MR) is 72.5 cm³/mol. The van der Waals surface area contributed by atoms with E-state index in [2.05, 4.69) is 5.32 Å². The minimum Gasteiger partial charge on any atom is -0.454 e. The van der Waals surface area contributed by atoms with Crippen molar-refractivity contribution < 1.29 is 14.3 Å². The average molecular weight is 276 g/mol. The number of nitrogen functional groups attached to an aromatic ring is 1. The monoisotopic (exact) mass is 276 g/mol. The van der Waals surface area contributed by atoms with Crippen LogP contribution < -0.4 is 20.5 Å². The van der Waals surface area contributed by atoms with E-state index in [0.29, 0.717) is 22.9 Å². The Balaban J connectivity index is 1.66. The Morgan fingerprint density at radius 1 is 1.32 bits per heavy atom. The van der Waals surface area contributed by atoms with Gasteiger partial charge in [-0.05, 0) is 29.1 Å². The first-order valence-corrected chi connectivity index (χ1v) is 6.62. The number of amides is 1. The SMILES string of the molecule is Nc1ccsc1C(=O)NCc1ccc2c(c1)OCO2. The quantitative estimate of drug-likeness (QED) is 0.899. The van der Waals surface area contributed by atoms with Gasteiger partial charge in [-0.15, -0.1) is 11.3 Å². The molecule has 0 unspecified atom stereocenters. The number of nitrogens with one attached hydrogen (secondary N) is 1. The van der Waals surface area contributed by atoms with E-state index in [9.17, 15) is 4.79 Å². The predicted octanol–water partition coefficient (Wildman–Crippen LogP) is 1.99. The Hall–Kier alpha value is -2.21. The number of nitrogens with two attached hydrogens (primary N) is 1. The van der Waals surface area contributed by atoms with Gasteiger partial charge in [0.1, 0.15) is 4.88 Å². The molecule has 1 aromatic carbocycles. The first-order valence-electron chi connectivity index (χ1n) is 5.74. The molecule has 0 aliphatic carbocycles. The van der Waals surface area contributed by atoms with Crippen LogP contribution in [0.2, 0.25) is 0 Å². The summed E-state index contributed by atoms with van der Waals surface area (Å²) in [5.74, 6) is 1.28. The molecule has 1 amide bonds. The fourth-order valence-corrected chi connectivity index (χ4v) is 2.55. The number of fused-ring (bicyclic) bond motifs is 1. The van der Waals surface area contributed by atoms with Crippen LogP contribution in [0, 0.1) is 0 Å². The van der Waals surface area contributed by atoms with Crippen LogP contribution >= 0.6 is 11.3 Å². The zero-order valence-corrected chi connectivity index (χ0v) is 10.8. The molecule has 19 heavy (non-hydrogen) atoms. The van der Waals surface area contributed by atoms with E-state index in [1.165, 1.54) is 11.3 Å². The Kier molecular flexibility index (Phi) is 3.00. The molecule has 5 nitrogen and oxygen atoms in total. The lowest BCUT2D eigenvalue weighted by atomic mass is 10.2. The van der Waals surface area contributed by atoms with Crippen LogP contribution in [-0.4, -0.2) is 12.7 Å². The highest BCUT2D eigenvalue weighted by Crippen LogP contribution is 2.32. The van der Waals surface area contributed by atoms with Crippen molar-refractivity contribution in [1.29, 1.82) is 0 Å². The molecule has 2 aromatic rings. The molecule has 1 aromatic heterocycles. The Bertz CT molecular complexity index is 624. The fraction of sp³-hybridized carbons (Fsp3) is 0.154. The van der Waals surface area contributed by atoms with Gasteiger partial charge in [-0.1, -0.05) is 6.07 Å². The molecule has 0 saturated heterocycles. The summed E-state index contributed by atoms with van der Waals surface area (Å²) >= 11 is 1.33. The molecule has 0 bridgehead atoms. The minimum absolute atomic E-state index is 0.162. The van der Waals surface area contributed by atoms with Gasteiger partial charge in [0.15, 0.2) is 11.5 Å². The number of rotatable bonds is 3. The largest absolute Gasteiger partial charge is 0.454 e. The summed E-state index contributed by atoms with van der Waals surface area (Å²) in [6, 6.07) is 7.31. The molecule has 0 radical (unpaired) electrons. The van der Waals surface area contributed by atoms with Crippen LogP contribution in [0.5, 0.6) is 11.5 Å². The summed E-state index contributed by atoms with van der Waals surface area (Å²) in [7, 11) is 0. The maximum Gasteiger partial charge on any atom is 0.263 e. The van der Waals surface area contributed by atoms with Gasteiger partial charge >= 0.3 is 0 Å². The summed E-state index contributed by atoms with van der Waals surface area (Å²) in [6.45, 7) is 0.670. The van der Waals surface area contributed by atoms with Crippen LogP contribution in [0.4, 0.5) is 5.69 Å². The van der Waals surface area contributed by atoms with Crippen LogP contribution in [0.1, 0.15) is 15.2 Å². The number of thiophene rings is 1. The second kappa shape index (κ2) is 4.81. The smallest absolute Gasteiger partial charge is 0.263 e. The molecular formula is C13H12N2O3S. The van der Waals surface area contributed by atoms with E-state index in [-0.39, 0.29) is 12.7 Å². The van der Waals surface area contributed by atoms with E-state index < -0.39 is 0 Å². The zero-order valence-electron chi connectivity index (χ0n) is 10.0. The number of carbonyl (C=O) groups is 1. The van der Waals surface area contributed by atoms with Crippen molar-refractivity contribution in [2.75, 3.05) is 12.5 Å². The van der Waals surface area contributed by atoms with Crippen LogP contribution in [-0.2, 0) is 6.54 Å². The molecule has 0 atom stereocenters. The second-order valence-corrected chi connectivity index (χ2v) is 4.99. The molecule has 3 rings (SSSR count). The van der Waals surface area contributed by atoms with E-state index >= 15 is 0 Å². The van der Waals surface area contributed by atoms with Gasteiger partial charge in [-0.25, -0.2) is 0 Å². The van der Waals surface area contributed by atoms with Crippen molar-refractivity contribution in [3.05, 3.63) is 40.1 Å². The second-order valence-electron chi connectivity index (χ2n) is 4.08. The summed E-state index contributed by atoms with van der Waals surface area (Å²) in [6.07, 6.45) is 0. The van der Waals surface area contributed by atoms with Gasteiger partial charge < -0.3 is 20.5 Å². The Labute approximate surface area is 113 Å². The van der Waals surface area contributed by atoms with E-state index in [0.717, 1.165) is 11.3 Å². The summed E-state index contributed by atoms with van der Waals surface area (Å²) in [5.41, 5.74) is 7.16. The van der Waals surface area contributed by atoms with Crippen molar-refractivity contribution in [2.24, 2.45) is 0 Å². The van der Waals surface area contributed by atoms with Gasteiger partial charge in [0.2, 0.25) is 6.79 Å². The minimum atomic E-state index is -0.162. The number of ether oxygens (including phenoxy) is 2. The molecule has 1 aliphatic heterocycles. The van der Waals surface area contributed by atoms with Crippen LogP contribution in [0.25, 0.3) is 0 Å². The highest BCUT2D eigenvalue weighted by atomic mass is 32.1. The molecule has 0 saturated carbocycles. The van der Waals surface area contributed by atoms with Gasteiger partial charge in [0.25, 0.3) is 5.91 Å². The molecular weight excluding hydrogens is 264 g/mol. The lowest BCUT2D eigenvalue weighted by Crippen LogP contribution is -2.22. The highest BCUT2D eigenvalue weighted by Gasteiger charge is 2.14. The van der Waals surface area contributed by atoms with Gasteiger partial charge in [0.05, 0.1) is 5.69 Å². The number of benzene rings is 1. The van der Waals surface area contributed by atoms with Gasteiger partial charge in [0, 0.05) is 6.54 Å². The first kappa shape index (κ1) is 11.9. The Morgan fingerprint density at radius 3 is 2.95 bits per heavy atom. The summed E-state index contributed by atoms with van der Waals surface area (Å²) < 4.78 is 10.5. The van der Waals surface area contributed by atoms with Crippen molar-refractivity contribution in [3.8, 4) is 11.5 Å². The molecule has 0 spiro atoms. The molecule has 3 N–H and O–H groups in total. The summed E-state index contributed by atoms with van der Waals surface area (Å²) in [5, 5.41) is 4.62. The summed E-state index contributed by atoms with van der Waals surface area (Å²) in [4.78, 5) is 12.4. The molecule has 98 valence electrons. The maximum atomic E-state index is 11.9. The number of hydrogen-bond acceptors (Lipinski definition) is 5. The molecule has 0 fully saturated rings. The third-order valence-electron chi connectivity index (χ3n) is 2.79. The van der Waals surface area contributed by atoms with Gasteiger partial charge in [-0.3, -0.25) is 4.79 Å². The van der Waals surface area contributed by atoms with Gasteiger partial charge in [-0.2, -0.15) is 0 Å². The normalized spacial score (nSPS) is 12.4. The van der Waals surface area contributed by atoms with Crippen LogP contribution in [0.3, 0.4) is 0 Å². The van der Waals surface area contributed by atoms with E-state index in [1.54, 1.807) is 11.4 Å². The number of hydrogen-bond donors (Lipinski definition) is 2. The lowest BCUT2D eigenvalue weighted by Gasteiger charge is -2.05. The van der Waals surface area contributed by atoms with Crippen molar-refractivity contribution >= 4 is 22.9 Å². The number of anilines is 1. The third-order valence-corrected chi connectivity index (χ3v) is 3.72. The highest BCUT2D eigenvalue weighted by molar-refractivity contribution is 7.12. The average Bonchev–Trinajstić information content (AvgIpc) is 3.03. The Morgan fingerprint density at radius 2 is 2.16 bits per heavy atom. The topological polar surface area (TPSA) is 73.6 Å². The molecule has 2 heterocycles. The first-order chi connectivity index (χ1) is 9.24. The maximum absolute atomic E-state index is 11.9. The lowest BCUT2D eigenvalue weighted by molar-refractivity contribution is 0.0955. The molecule has 1 aliphatic rings. The van der Waals surface area contributed by atoms with Crippen molar-refractivity contribution in [3.63, 3.8) is 0 Å². The van der Waals surface area contributed by atoms with E-state index in [4.69, 9.17) is 15.2 Å². The molecule has 6 heteroatoms. The zero-order chi connectivity index (χ0) is 13.2. The number of carbonyl (C=O) groups excluding carboxylic acids is 1. The van der Waals surface area contributed by atoms with Crippen LogP contribution in [0.15, 0.2) is 29.6 Å². The van der Waals surface area contributed by atoms with Crippen molar-refractivity contribution in [2.45, 2.75) is 6.54 Å². The fourth-order valence-electron chi connectivity index (χ4n) is 1.82. The standard InChI is InChI=1S/C13H12N2O3S/c14-9-3-4-19-12(9)13(16)15-6-8-1-2-10-11(5-8)18-7-17-10/h1-5H,6-7,14H2,(H,15,16). The van der Waals surface area contributed by atoms with Crippen molar-refractivity contribution in [1.82, 2.24) is 5.32 Å². The van der Waals surface area contributed by atoms with E-state index in [1.807, 2.05) is 18.2 Å².